The number of aromatic nitrogens is 2. The van der Waals surface area contributed by atoms with Crippen LogP contribution in [0, 0.1) is 0 Å². The Kier molecular flexibility index (Phi) is 3.20. The molecule has 0 saturated heterocycles. The molecule has 0 radical (unpaired) electrons. The molecule has 1 fully saturated rings. The molecule has 1 aromatic heterocycles. The fraction of sp³-hybridized carbons (Fsp3) is 0.500. The smallest absolute Gasteiger partial charge is 0.356 e. The first-order chi connectivity index (χ1) is 7.25. The number of nitrogens with zero attached hydrogens (tertiary/aromatic N) is 2. The molecule has 0 atom stereocenters. The summed E-state index contributed by atoms with van der Waals surface area (Å²) in [6, 6.07) is 0. The van der Waals surface area contributed by atoms with Crippen LogP contribution in [0.25, 0.3) is 0 Å². The van der Waals surface area contributed by atoms with Gasteiger partial charge in [-0.05, 0) is 12.8 Å². The van der Waals surface area contributed by atoms with Crippen LogP contribution in [0.2, 0.25) is 0 Å². The van der Waals surface area contributed by atoms with E-state index in [1.807, 2.05) is 0 Å². The Bertz CT molecular complexity index is 347. The maximum atomic E-state index is 10.5. The minimum atomic E-state index is -1.03. The standard InChI is InChI=1S/C10H12N2O2S/c13-10(14)8-5-12-9(6-11-8)15-7-3-1-2-4-7/h5-7H,1-4H2,(H,13,14). The maximum Gasteiger partial charge on any atom is 0.356 e. The predicted octanol–water partition coefficient (Wildman–Crippen LogP) is 2.21. The number of carboxylic acids is 1. The molecule has 4 nitrogen and oxygen atoms in total. The molecule has 1 aromatic rings. The number of aromatic carboxylic acids is 1. The molecule has 1 heterocycles. The summed E-state index contributed by atoms with van der Waals surface area (Å²) in [5.41, 5.74) is 0.00534. The van der Waals surface area contributed by atoms with Crippen molar-refractivity contribution < 1.29 is 9.90 Å². The van der Waals surface area contributed by atoms with Gasteiger partial charge in [-0.3, -0.25) is 0 Å². The Hall–Kier alpha value is -1.10. The zero-order valence-electron chi connectivity index (χ0n) is 8.22. The van der Waals surface area contributed by atoms with Crippen molar-refractivity contribution in [3.05, 3.63) is 18.1 Å². The molecule has 0 spiro atoms. The van der Waals surface area contributed by atoms with Crippen LogP contribution in [-0.4, -0.2) is 26.3 Å². The highest BCUT2D eigenvalue weighted by molar-refractivity contribution is 7.99. The third-order valence-corrected chi connectivity index (χ3v) is 3.69. The van der Waals surface area contributed by atoms with Crippen molar-refractivity contribution in [3.8, 4) is 0 Å². The summed E-state index contributed by atoms with van der Waals surface area (Å²) >= 11 is 1.71. The van der Waals surface area contributed by atoms with Crippen LogP contribution in [0.4, 0.5) is 0 Å². The molecule has 0 unspecified atom stereocenters. The molecular weight excluding hydrogens is 212 g/mol. The minimum absolute atomic E-state index is 0.00534. The molecule has 1 aliphatic rings. The SMILES string of the molecule is O=C(O)c1cnc(SC2CCCC2)cn1. The molecule has 1 saturated carbocycles. The average Bonchev–Trinajstić information content (AvgIpc) is 2.71. The summed E-state index contributed by atoms with van der Waals surface area (Å²) in [5.74, 6) is -1.03. The van der Waals surface area contributed by atoms with Crippen LogP contribution >= 0.6 is 11.8 Å². The second kappa shape index (κ2) is 4.61. The molecule has 15 heavy (non-hydrogen) atoms. The number of carbonyl (C=O) groups is 1. The third kappa shape index (κ3) is 2.68. The summed E-state index contributed by atoms with van der Waals surface area (Å²) in [6.07, 6.45) is 7.91. The first-order valence-electron chi connectivity index (χ1n) is 4.98. The van der Waals surface area contributed by atoms with E-state index in [-0.39, 0.29) is 5.69 Å². The zero-order valence-corrected chi connectivity index (χ0v) is 9.04. The van der Waals surface area contributed by atoms with E-state index in [2.05, 4.69) is 9.97 Å². The quantitative estimate of drug-likeness (QED) is 0.852. The molecule has 1 N–H and O–H groups in total. The van der Waals surface area contributed by atoms with Gasteiger partial charge >= 0.3 is 5.97 Å². The van der Waals surface area contributed by atoms with E-state index in [0.29, 0.717) is 5.25 Å². The first-order valence-corrected chi connectivity index (χ1v) is 5.85. The highest BCUT2D eigenvalue weighted by Crippen LogP contribution is 2.33. The van der Waals surface area contributed by atoms with Crippen molar-refractivity contribution in [1.82, 2.24) is 9.97 Å². The van der Waals surface area contributed by atoms with Crippen LogP contribution in [0.5, 0.6) is 0 Å². The fourth-order valence-corrected chi connectivity index (χ4v) is 2.80. The lowest BCUT2D eigenvalue weighted by Crippen LogP contribution is -2.02. The number of hydrogen-bond acceptors (Lipinski definition) is 4. The van der Waals surface area contributed by atoms with Gasteiger partial charge in [-0.2, -0.15) is 0 Å². The van der Waals surface area contributed by atoms with Crippen molar-refractivity contribution in [1.29, 1.82) is 0 Å². The topological polar surface area (TPSA) is 63.1 Å². The van der Waals surface area contributed by atoms with Crippen LogP contribution in [0.15, 0.2) is 17.4 Å². The Balaban J connectivity index is 2.00. The first kappa shape index (κ1) is 10.4. The van der Waals surface area contributed by atoms with Gasteiger partial charge in [0.05, 0.1) is 12.4 Å². The van der Waals surface area contributed by atoms with E-state index < -0.39 is 5.97 Å². The fourth-order valence-electron chi connectivity index (χ4n) is 1.66. The van der Waals surface area contributed by atoms with Crippen LogP contribution in [0.3, 0.4) is 0 Å². The Labute approximate surface area is 92.1 Å². The van der Waals surface area contributed by atoms with E-state index in [9.17, 15) is 4.79 Å². The molecule has 0 aromatic carbocycles. The van der Waals surface area contributed by atoms with Gasteiger partial charge < -0.3 is 5.11 Å². The summed E-state index contributed by atoms with van der Waals surface area (Å²) < 4.78 is 0. The molecule has 1 aliphatic carbocycles. The van der Waals surface area contributed by atoms with E-state index >= 15 is 0 Å². The second-order valence-electron chi connectivity index (χ2n) is 3.57. The van der Waals surface area contributed by atoms with Crippen molar-refractivity contribution in [2.24, 2.45) is 0 Å². The summed E-state index contributed by atoms with van der Waals surface area (Å²) in [5, 5.41) is 10.1. The van der Waals surface area contributed by atoms with Crippen molar-refractivity contribution in [2.75, 3.05) is 0 Å². The lowest BCUT2D eigenvalue weighted by atomic mass is 10.4. The third-order valence-electron chi connectivity index (χ3n) is 2.44. The molecule has 0 bridgehead atoms. The van der Waals surface area contributed by atoms with E-state index in [0.717, 1.165) is 5.03 Å². The Morgan fingerprint density at radius 3 is 2.60 bits per heavy atom. The highest BCUT2D eigenvalue weighted by Gasteiger charge is 2.17. The van der Waals surface area contributed by atoms with E-state index in [1.165, 1.54) is 31.9 Å². The summed E-state index contributed by atoms with van der Waals surface area (Å²) in [7, 11) is 0. The lowest BCUT2D eigenvalue weighted by Gasteiger charge is -2.06. The molecule has 5 heteroatoms. The van der Waals surface area contributed by atoms with Gasteiger partial charge in [-0.1, -0.05) is 12.8 Å². The van der Waals surface area contributed by atoms with Crippen molar-refractivity contribution in [3.63, 3.8) is 0 Å². The van der Waals surface area contributed by atoms with Gasteiger partial charge in [-0.15, -0.1) is 11.8 Å². The zero-order chi connectivity index (χ0) is 10.7. The van der Waals surface area contributed by atoms with Crippen molar-refractivity contribution in [2.45, 2.75) is 36.0 Å². The normalized spacial score (nSPS) is 16.8. The van der Waals surface area contributed by atoms with Gasteiger partial charge in [0.15, 0.2) is 5.69 Å². The summed E-state index contributed by atoms with van der Waals surface area (Å²) in [6.45, 7) is 0. The molecule has 2 rings (SSSR count). The Morgan fingerprint density at radius 1 is 1.33 bits per heavy atom. The highest BCUT2D eigenvalue weighted by atomic mass is 32.2. The lowest BCUT2D eigenvalue weighted by molar-refractivity contribution is 0.0689. The maximum absolute atomic E-state index is 10.5. The number of carboxylic acid groups (broad SMARTS) is 1. The predicted molar refractivity (Wildman–Crippen MR) is 57.1 cm³/mol. The Morgan fingerprint density at radius 2 is 2.07 bits per heavy atom. The van der Waals surface area contributed by atoms with E-state index in [4.69, 9.17) is 5.11 Å². The van der Waals surface area contributed by atoms with Gasteiger partial charge in [0.2, 0.25) is 0 Å². The van der Waals surface area contributed by atoms with Crippen LogP contribution in [0.1, 0.15) is 36.2 Å². The number of thioether (sulfide) groups is 1. The molecule has 0 aliphatic heterocycles. The van der Waals surface area contributed by atoms with Gasteiger partial charge in [0, 0.05) is 5.25 Å². The average molecular weight is 224 g/mol. The van der Waals surface area contributed by atoms with E-state index in [1.54, 1.807) is 18.0 Å². The van der Waals surface area contributed by atoms with Crippen LogP contribution in [-0.2, 0) is 0 Å². The van der Waals surface area contributed by atoms with Gasteiger partial charge in [-0.25, -0.2) is 14.8 Å². The number of hydrogen-bond donors (Lipinski definition) is 1. The minimum Gasteiger partial charge on any atom is -0.476 e. The monoisotopic (exact) mass is 224 g/mol. The molecule has 0 amide bonds. The van der Waals surface area contributed by atoms with Crippen molar-refractivity contribution >= 4 is 17.7 Å². The summed E-state index contributed by atoms with van der Waals surface area (Å²) in [4.78, 5) is 18.5. The number of rotatable bonds is 3. The largest absolute Gasteiger partial charge is 0.476 e. The second-order valence-corrected chi connectivity index (χ2v) is 4.89. The van der Waals surface area contributed by atoms with Gasteiger partial charge in [0.1, 0.15) is 5.03 Å². The van der Waals surface area contributed by atoms with Gasteiger partial charge in [0.25, 0.3) is 0 Å². The molecular formula is C10H12N2O2S. The van der Waals surface area contributed by atoms with Crippen LogP contribution < -0.4 is 0 Å². The molecule has 80 valence electrons.